The molecule has 3 N–H and O–H groups in total. The minimum absolute atomic E-state index is 0.124. The van der Waals surface area contributed by atoms with E-state index in [9.17, 15) is 0 Å². The molecule has 1 aromatic carbocycles. The highest BCUT2D eigenvalue weighted by atomic mass is 35.5. The molecule has 0 saturated carbocycles. The van der Waals surface area contributed by atoms with Crippen LogP contribution in [0, 0.1) is 6.92 Å². The number of nitrogens with one attached hydrogen (secondary N) is 1. The Hall–Kier alpha value is -1.49. The summed E-state index contributed by atoms with van der Waals surface area (Å²) in [5.74, 6) is 8.04. The number of hydrazine groups is 1. The van der Waals surface area contributed by atoms with Crippen LogP contribution in [0.15, 0.2) is 34.7 Å². The Labute approximate surface area is 117 Å². The third kappa shape index (κ3) is 3.29. The van der Waals surface area contributed by atoms with Crippen LogP contribution < -0.4 is 16.0 Å². The summed E-state index contributed by atoms with van der Waals surface area (Å²) in [7, 11) is 1.63. The number of methoxy groups -OCH3 is 1. The van der Waals surface area contributed by atoms with E-state index >= 15 is 0 Å². The average molecular weight is 281 g/mol. The van der Waals surface area contributed by atoms with Crippen LogP contribution in [-0.2, 0) is 6.42 Å². The summed E-state index contributed by atoms with van der Waals surface area (Å²) >= 11 is 6.02. The molecule has 102 valence electrons. The van der Waals surface area contributed by atoms with Gasteiger partial charge < -0.3 is 9.15 Å². The monoisotopic (exact) mass is 280 g/mol. The molecule has 0 bridgehead atoms. The van der Waals surface area contributed by atoms with E-state index in [1.165, 1.54) is 0 Å². The summed E-state index contributed by atoms with van der Waals surface area (Å²) in [5.41, 5.74) is 3.74. The van der Waals surface area contributed by atoms with Crippen LogP contribution in [0.2, 0.25) is 5.02 Å². The van der Waals surface area contributed by atoms with Crippen LogP contribution >= 0.6 is 11.6 Å². The molecule has 2 aromatic rings. The molecule has 4 nitrogen and oxygen atoms in total. The number of rotatable bonds is 5. The van der Waals surface area contributed by atoms with Gasteiger partial charge in [-0.15, -0.1) is 0 Å². The molecule has 1 aromatic heterocycles. The van der Waals surface area contributed by atoms with E-state index in [4.69, 9.17) is 26.6 Å². The van der Waals surface area contributed by atoms with Gasteiger partial charge in [0.1, 0.15) is 17.3 Å². The van der Waals surface area contributed by atoms with Crippen LogP contribution in [0.5, 0.6) is 5.75 Å². The molecule has 1 heterocycles. The van der Waals surface area contributed by atoms with Crippen molar-refractivity contribution >= 4 is 11.6 Å². The lowest BCUT2D eigenvalue weighted by atomic mass is 10.0. The van der Waals surface area contributed by atoms with E-state index in [2.05, 4.69) is 5.43 Å². The number of furan rings is 1. The largest absolute Gasteiger partial charge is 0.496 e. The molecule has 0 aliphatic heterocycles. The standard InChI is InChI=1S/C14H17ClN2O2/c1-9-3-5-14(19-9)12(17-16)8-10-7-11(15)4-6-13(10)18-2/h3-7,12,17H,8,16H2,1-2H3. The maximum absolute atomic E-state index is 6.02. The van der Waals surface area contributed by atoms with Gasteiger partial charge in [0.2, 0.25) is 0 Å². The summed E-state index contributed by atoms with van der Waals surface area (Å²) in [5, 5.41) is 0.669. The lowest BCUT2D eigenvalue weighted by Crippen LogP contribution is -2.29. The lowest BCUT2D eigenvalue weighted by molar-refractivity contribution is 0.386. The Kier molecular flexibility index (Phi) is 4.47. The Bertz CT molecular complexity index is 554. The first kappa shape index (κ1) is 13.9. The number of benzene rings is 1. The van der Waals surface area contributed by atoms with Crippen LogP contribution in [0.4, 0.5) is 0 Å². The van der Waals surface area contributed by atoms with Crippen molar-refractivity contribution in [1.29, 1.82) is 0 Å². The number of ether oxygens (including phenoxy) is 1. The zero-order valence-electron chi connectivity index (χ0n) is 10.9. The number of halogens is 1. The molecule has 0 spiro atoms. The fraction of sp³-hybridized carbons (Fsp3) is 0.286. The van der Waals surface area contributed by atoms with Crippen LogP contribution in [-0.4, -0.2) is 7.11 Å². The van der Waals surface area contributed by atoms with E-state index in [1.807, 2.05) is 31.2 Å². The first-order valence-corrected chi connectivity index (χ1v) is 6.36. The molecule has 0 aliphatic carbocycles. The molecule has 2 rings (SSSR count). The van der Waals surface area contributed by atoms with Gasteiger partial charge in [-0.1, -0.05) is 11.6 Å². The third-order valence-electron chi connectivity index (χ3n) is 2.97. The second-order valence-corrected chi connectivity index (χ2v) is 4.76. The van der Waals surface area contributed by atoms with Gasteiger partial charge in [0.15, 0.2) is 0 Å². The highest BCUT2D eigenvalue weighted by molar-refractivity contribution is 6.30. The summed E-state index contributed by atoms with van der Waals surface area (Å²) in [6.45, 7) is 1.90. The second kappa shape index (κ2) is 6.10. The maximum atomic E-state index is 6.02. The van der Waals surface area contributed by atoms with Crippen molar-refractivity contribution in [3.8, 4) is 5.75 Å². The quantitative estimate of drug-likeness (QED) is 0.653. The molecule has 0 saturated heterocycles. The van der Waals surface area contributed by atoms with Crippen LogP contribution in [0.25, 0.3) is 0 Å². The predicted molar refractivity (Wildman–Crippen MR) is 75.2 cm³/mol. The Morgan fingerprint density at radius 2 is 2.16 bits per heavy atom. The average Bonchev–Trinajstić information content (AvgIpc) is 2.82. The predicted octanol–water partition coefficient (Wildman–Crippen LogP) is 3.00. The van der Waals surface area contributed by atoms with Gasteiger partial charge in [-0.25, -0.2) is 5.43 Å². The molecule has 5 heteroatoms. The van der Waals surface area contributed by atoms with Gasteiger partial charge in [0.05, 0.1) is 13.2 Å². The Morgan fingerprint density at radius 1 is 1.37 bits per heavy atom. The van der Waals surface area contributed by atoms with Crippen molar-refractivity contribution in [1.82, 2.24) is 5.43 Å². The minimum atomic E-state index is -0.124. The van der Waals surface area contributed by atoms with Crippen LogP contribution in [0.1, 0.15) is 23.1 Å². The highest BCUT2D eigenvalue weighted by Gasteiger charge is 2.16. The molecule has 19 heavy (non-hydrogen) atoms. The molecule has 1 atom stereocenters. The number of hydrogen-bond donors (Lipinski definition) is 2. The zero-order valence-corrected chi connectivity index (χ0v) is 11.7. The van der Waals surface area contributed by atoms with E-state index < -0.39 is 0 Å². The van der Waals surface area contributed by atoms with Gasteiger partial charge in [0, 0.05) is 5.02 Å². The Balaban J connectivity index is 2.25. The van der Waals surface area contributed by atoms with Crippen molar-refractivity contribution in [3.05, 3.63) is 52.4 Å². The first-order chi connectivity index (χ1) is 9.13. The zero-order chi connectivity index (χ0) is 13.8. The molecular formula is C14H17ClN2O2. The van der Waals surface area contributed by atoms with E-state index in [1.54, 1.807) is 13.2 Å². The smallest absolute Gasteiger partial charge is 0.122 e. The summed E-state index contributed by atoms with van der Waals surface area (Å²) in [4.78, 5) is 0. The molecule has 0 aliphatic rings. The van der Waals surface area contributed by atoms with E-state index in [0.717, 1.165) is 22.8 Å². The molecular weight excluding hydrogens is 264 g/mol. The third-order valence-corrected chi connectivity index (χ3v) is 3.21. The fourth-order valence-corrected chi connectivity index (χ4v) is 2.20. The lowest BCUT2D eigenvalue weighted by Gasteiger charge is -2.16. The summed E-state index contributed by atoms with van der Waals surface area (Å²) < 4.78 is 10.9. The fourth-order valence-electron chi connectivity index (χ4n) is 2.01. The van der Waals surface area contributed by atoms with E-state index in [0.29, 0.717) is 11.4 Å². The summed E-state index contributed by atoms with van der Waals surface area (Å²) in [6.07, 6.45) is 0.632. The van der Waals surface area contributed by atoms with E-state index in [-0.39, 0.29) is 6.04 Å². The van der Waals surface area contributed by atoms with Crippen molar-refractivity contribution in [2.45, 2.75) is 19.4 Å². The Morgan fingerprint density at radius 3 is 2.74 bits per heavy atom. The maximum Gasteiger partial charge on any atom is 0.122 e. The van der Waals surface area contributed by atoms with Gasteiger partial charge in [0.25, 0.3) is 0 Å². The first-order valence-electron chi connectivity index (χ1n) is 5.99. The normalized spacial score (nSPS) is 12.4. The van der Waals surface area contributed by atoms with Crippen molar-refractivity contribution in [3.63, 3.8) is 0 Å². The van der Waals surface area contributed by atoms with Gasteiger partial charge in [-0.05, 0) is 49.2 Å². The minimum Gasteiger partial charge on any atom is -0.496 e. The van der Waals surface area contributed by atoms with Crippen molar-refractivity contribution in [2.24, 2.45) is 5.84 Å². The number of hydrogen-bond acceptors (Lipinski definition) is 4. The van der Waals surface area contributed by atoms with Gasteiger partial charge in [-0.2, -0.15) is 0 Å². The molecule has 0 radical (unpaired) electrons. The highest BCUT2D eigenvalue weighted by Crippen LogP contribution is 2.28. The van der Waals surface area contributed by atoms with Gasteiger partial charge >= 0.3 is 0 Å². The summed E-state index contributed by atoms with van der Waals surface area (Å²) in [6, 6.07) is 9.22. The number of nitrogens with two attached hydrogens (primary N) is 1. The van der Waals surface area contributed by atoms with Crippen LogP contribution in [0.3, 0.4) is 0 Å². The topological polar surface area (TPSA) is 60.4 Å². The molecule has 1 unspecified atom stereocenters. The SMILES string of the molecule is COc1ccc(Cl)cc1CC(NN)c1ccc(C)o1. The number of aryl methyl sites for hydroxylation is 1. The van der Waals surface area contributed by atoms with Crippen molar-refractivity contribution in [2.75, 3.05) is 7.11 Å². The van der Waals surface area contributed by atoms with Gasteiger partial charge in [-0.3, -0.25) is 5.84 Å². The van der Waals surface area contributed by atoms with Crippen molar-refractivity contribution < 1.29 is 9.15 Å². The molecule has 0 fully saturated rings. The second-order valence-electron chi connectivity index (χ2n) is 4.33. The molecule has 0 amide bonds.